The normalized spacial score (nSPS) is 12.5. The van der Waals surface area contributed by atoms with E-state index in [2.05, 4.69) is 24.0 Å². The van der Waals surface area contributed by atoms with Crippen molar-refractivity contribution >= 4 is 10.9 Å². The minimum Gasteiger partial charge on any atom is -0.496 e. The lowest BCUT2D eigenvalue weighted by molar-refractivity contribution is 0.403. The first kappa shape index (κ1) is 15.6. The van der Waals surface area contributed by atoms with Crippen LogP contribution in [0.5, 0.6) is 5.75 Å². The van der Waals surface area contributed by atoms with E-state index < -0.39 is 0 Å². The predicted molar refractivity (Wildman–Crippen MR) is 91.5 cm³/mol. The molecule has 0 amide bonds. The molecule has 3 aromatic rings. The van der Waals surface area contributed by atoms with Crippen molar-refractivity contribution < 1.29 is 9.13 Å². The molecule has 120 valence electrons. The molecule has 0 saturated carbocycles. The number of fused-ring (bicyclic) bond motifs is 1. The topological polar surface area (TPSA) is 51.0 Å². The summed E-state index contributed by atoms with van der Waals surface area (Å²) in [6.07, 6.45) is 0.742. The van der Waals surface area contributed by atoms with Crippen molar-refractivity contribution in [3.05, 3.63) is 65.1 Å². The van der Waals surface area contributed by atoms with Gasteiger partial charge in [0.25, 0.3) is 0 Å². The van der Waals surface area contributed by atoms with E-state index in [1.807, 2.05) is 12.1 Å². The number of hydrogen-bond donors (Lipinski definition) is 2. The fraction of sp³-hybridized carbons (Fsp3) is 0.263. The highest BCUT2D eigenvalue weighted by Gasteiger charge is 2.19. The largest absolute Gasteiger partial charge is 0.496 e. The molecule has 4 heteroatoms. The Kier molecular flexibility index (Phi) is 4.35. The summed E-state index contributed by atoms with van der Waals surface area (Å²) < 4.78 is 19.1. The lowest BCUT2D eigenvalue weighted by Crippen LogP contribution is -2.16. The highest BCUT2D eigenvalue weighted by Crippen LogP contribution is 2.32. The number of H-pyrrole nitrogens is 1. The van der Waals surface area contributed by atoms with Gasteiger partial charge in [0.2, 0.25) is 0 Å². The Morgan fingerprint density at radius 2 is 2.00 bits per heavy atom. The quantitative estimate of drug-likeness (QED) is 0.750. The van der Waals surface area contributed by atoms with E-state index in [4.69, 9.17) is 10.5 Å². The van der Waals surface area contributed by atoms with Crippen LogP contribution in [0.4, 0.5) is 4.39 Å². The Morgan fingerprint density at radius 3 is 2.74 bits per heavy atom. The molecule has 0 fully saturated rings. The Morgan fingerprint density at radius 1 is 1.22 bits per heavy atom. The van der Waals surface area contributed by atoms with Crippen molar-refractivity contribution in [2.24, 2.45) is 5.73 Å². The number of nitrogens with two attached hydrogens (primary N) is 1. The zero-order valence-electron chi connectivity index (χ0n) is 13.4. The summed E-state index contributed by atoms with van der Waals surface area (Å²) in [5.41, 5.74) is 10.3. The van der Waals surface area contributed by atoms with Crippen LogP contribution in [0, 0.1) is 12.7 Å². The first-order chi connectivity index (χ1) is 11.1. The Bertz CT molecular complexity index is 825. The van der Waals surface area contributed by atoms with E-state index >= 15 is 0 Å². The van der Waals surface area contributed by atoms with Gasteiger partial charge in [-0.05, 0) is 49.7 Å². The summed E-state index contributed by atoms with van der Waals surface area (Å²) in [6.45, 7) is 2.49. The van der Waals surface area contributed by atoms with E-state index in [9.17, 15) is 4.39 Å². The first-order valence-electron chi connectivity index (χ1n) is 7.73. The highest BCUT2D eigenvalue weighted by molar-refractivity contribution is 5.84. The van der Waals surface area contributed by atoms with Gasteiger partial charge in [-0.2, -0.15) is 0 Å². The van der Waals surface area contributed by atoms with Crippen molar-refractivity contribution in [2.45, 2.75) is 19.3 Å². The average Bonchev–Trinajstić information content (AvgIpc) is 2.88. The standard InChI is InChI=1S/C19H21FN2O/c1-12-16(15-5-3-4-6-18(15)22-12)9-13(11-21)17-10-14(20)7-8-19(17)23-2/h3-8,10,13,22H,9,11,21H2,1-2H3. The number of para-hydroxylation sites is 1. The number of benzene rings is 2. The molecule has 3 N–H and O–H groups in total. The number of aryl methyl sites for hydroxylation is 1. The van der Waals surface area contributed by atoms with Gasteiger partial charge >= 0.3 is 0 Å². The van der Waals surface area contributed by atoms with Crippen LogP contribution < -0.4 is 10.5 Å². The molecule has 0 saturated heterocycles. The van der Waals surface area contributed by atoms with Gasteiger partial charge in [0.15, 0.2) is 0 Å². The maximum Gasteiger partial charge on any atom is 0.123 e. The number of rotatable bonds is 5. The third-order valence-corrected chi connectivity index (χ3v) is 4.39. The summed E-state index contributed by atoms with van der Waals surface area (Å²) in [7, 11) is 1.60. The fourth-order valence-electron chi connectivity index (χ4n) is 3.19. The van der Waals surface area contributed by atoms with Crippen molar-refractivity contribution in [1.29, 1.82) is 0 Å². The molecule has 0 aliphatic rings. The van der Waals surface area contributed by atoms with E-state index in [0.29, 0.717) is 12.3 Å². The highest BCUT2D eigenvalue weighted by atomic mass is 19.1. The number of aromatic nitrogens is 1. The molecule has 0 aliphatic carbocycles. The van der Waals surface area contributed by atoms with Crippen molar-refractivity contribution in [1.82, 2.24) is 4.98 Å². The predicted octanol–water partition coefficient (Wildman–Crippen LogP) is 3.91. The Balaban J connectivity index is 2.02. The molecule has 0 spiro atoms. The number of nitrogens with one attached hydrogen (secondary N) is 1. The molecular formula is C19H21FN2O. The van der Waals surface area contributed by atoms with Crippen molar-refractivity contribution in [3.63, 3.8) is 0 Å². The molecule has 3 rings (SSSR count). The van der Waals surface area contributed by atoms with Gasteiger partial charge < -0.3 is 15.5 Å². The van der Waals surface area contributed by atoms with Gasteiger partial charge in [0, 0.05) is 28.1 Å². The second kappa shape index (κ2) is 6.42. The summed E-state index contributed by atoms with van der Waals surface area (Å²) in [5.74, 6) is 0.410. The molecule has 1 atom stereocenters. The molecule has 1 unspecified atom stereocenters. The maximum absolute atomic E-state index is 13.7. The summed E-state index contributed by atoms with van der Waals surface area (Å²) in [5, 5.41) is 1.19. The third kappa shape index (κ3) is 2.94. The van der Waals surface area contributed by atoms with E-state index in [1.54, 1.807) is 13.2 Å². The van der Waals surface area contributed by atoms with Crippen LogP contribution in [0.25, 0.3) is 10.9 Å². The van der Waals surface area contributed by atoms with Gasteiger partial charge in [-0.1, -0.05) is 18.2 Å². The lowest BCUT2D eigenvalue weighted by Gasteiger charge is -2.19. The molecule has 1 aromatic heterocycles. The number of halogens is 1. The van der Waals surface area contributed by atoms with E-state index in [1.165, 1.54) is 23.1 Å². The zero-order valence-corrected chi connectivity index (χ0v) is 13.4. The monoisotopic (exact) mass is 312 g/mol. The van der Waals surface area contributed by atoms with Crippen LogP contribution in [0.3, 0.4) is 0 Å². The van der Waals surface area contributed by atoms with E-state index in [-0.39, 0.29) is 11.7 Å². The molecule has 2 aromatic carbocycles. The smallest absolute Gasteiger partial charge is 0.123 e. The zero-order chi connectivity index (χ0) is 16.4. The minimum absolute atomic E-state index is 0.00134. The summed E-state index contributed by atoms with van der Waals surface area (Å²) in [4.78, 5) is 3.40. The van der Waals surface area contributed by atoms with Gasteiger partial charge in [0.05, 0.1) is 7.11 Å². The van der Waals surface area contributed by atoms with Crippen LogP contribution in [-0.4, -0.2) is 18.6 Å². The molecular weight excluding hydrogens is 291 g/mol. The molecule has 0 bridgehead atoms. The Hall–Kier alpha value is -2.33. The second-order valence-corrected chi connectivity index (χ2v) is 5.80. The lowest BCUT2D eigenvalue weighted by atomic mass is 9.90. The average molecular weight is 312 g/mol. The fourth-order valence-corrected chi connectivity index (χ4v) is 3.19. The molecule has 0 radical (unpaired) electrons. The molecule has 0 aliphatic heterocycles. The van der Waals surface area contributed by atoms with Crippen molar-refractivity contribution in [2.75, 3.05) is 13.7 Å². The van der Waals surface area contributed by atoms with Gasteiger partial charge in [-0.15, -0.1) is 0 Å². The number of hydrogen-bond acceptors (Lipinski definition) is 2. The van der Waals surface area contributed by atoms with Gasteiger partial charge in [-0.25, -0.2) is 4.39 Å². The van der Waals surface area contributed by atoms with Crippen LogP contribution in [0.2, 0.25) is 0 Å². The van der Waals surface area contributed by atoms with Crippen LogP contribution in [-0.2, 0) is 6.42 Å². The Labute approximate surface area is 135 Å². The number of methoxy groups -OCH3 is 1. The SMILES string of the molecule is COc1ccc(F)cc1C(CN)Cc1c(C)[nH]c2ccccc12. The molecule has 23 heavy (non-hydrogen) atoms. The van der Waals surface area contributed by atoms with Crippen molar-refractivity contribution in [3.8, 4) is 5.75 Å². The second-order valence-electron chi connectivity index (χ2n) is 5.80. The molecule has 3 nitrogen and oxygen atoms in total. The van der Waals surface area contributed by atoms with Crippen LogP contribution in [0.1, 0.15) is 22.7 Å². The first-order valence-corrected chi connectivity index (χ1v) is 7.73. The number of ether oxygens (including phenoxy) is 1. The number of aromatic amines is 1. The minimum atomic E-state index is -0.269. The van der Waals surface area contributed by atoms with Gasteiger partial charge in [0.1, 0.15) is 11.6 Å². The molecule has 1 heterocycles. The van der Waals surface area contributed by atoms with Gasteiger partial charge in [-0.3, -0.25) is 0 Å². The van der Waals surface area contributed by atoms with Crippen LogP contribution in [0.15, 0.2) is 42.5 Å². The summed E-state index contributed by atoms with van der Waals surface area (Å²) >= 11 is 0. The van der Waals surface area contributed by atoms with Crippen LogP contribution >= 0.6 is 0 Å². The third-order valence-electron chi connectivity index (χ3n) is 4.39. The maximum atomic E-state index is 13.7. The summed E-state index contributed by atoms with van der Waals surface area (Å²) in [6, 6.07) is 12.8. The van der Waals surface area contributed by atoms with E-state index in [0.717, 1.165) is 23.2 Å².